The van der Waals surface area contributed by atoms with Gasteiger partial charge in [-0.2, -0.15) is 9.78 Å². The SMILES string of the molecule is Oc1c(Cl)cc(Cl)cc1[C@H]1Nc2cc(-c3cccs3)nn2C2=NCCN21. The minimum absolute atomic E-state index is 0.0197. The molecule has 0 bridgehead atoms. The van der Waals surface area contributed by atoms with Crippen LogP contribution in [-0.2, 0) is 0 Å². The topological polar surface area (TPSA) is 65.7 Å². The van der Waals surface area contributed by atoms with E-state index < -0.39 is 0 Å². The Balaban J connectivity index is 1.63. The van der Waals surface area contributed by atoms with Crippen molar-refractivity contribution in [1.82, 2.24) is 14.7 Å². The molecule has 0 unspecified atom stereocenters. The van der Waals surface area contributed by atoms with Gasteiger partial charge in [-0.05, 0) is 23.6 Å². The molecule has 4 heterocycles. The van der Waals surface area contributed by atoms with Crippen molar-refractivity contribution in [3.8, 4) is 16.3 Å². The minimum Gasteiger partial charge on any atom is -0.506 e. The molecule has 2 aliphatic rings. The van der Waals surface area contributed by atoms with Crippen molar-refractivity contribution in [2.24, 2.45) is 4.99 Å². The predicted molar refractivity (Wildman–Crippen MR) is 104 cm³/mol. The van der Waals surface area contributed by atoms with E-state index in [-0.39, 0.29) is 16.9 Å². The average Bonchev–Trinajstić information content (AvgIpc) is 3.36. The van der Waals surface area contributed by atoms with E-state index in [9.17, 15) is 5.11 Å². The highest BCUT2D eigenvalue weighted by Gasteiger charge is 2.36. The Hall–Kier alpha value is -2.22. The summed E-state index contributed by atoms with van der Waals surface area (Å²) in [5, 5.41) is 21.3. The predicted octanol–water partition coefficient (Wildman–Crippen LogP) is 4.27. The van der Waals surface area contributed by atoms with Gasteiger partial charge in [-0.1, -0.05) is 29.3 Å². The summed E-state index contributed by atoms with van der Waals surface area (Å²) >= 11 is 13.9. The first kappa shape index (κ1) is 16.0. The quantitative estimate of drug-likeness (QED) is 0.667. The van der Waals surface area contributed by atoms with Gasteiger partial charge in [0.15, 0.2) is 0 Å². The van der Waals surface area contributed by atoms with Crippen LogP contribution in [0.4, 0.5) is 5.82 Å². The standard InChI is InChI=1S/C17H13Cl2N5OS/c18-9-6-10(15(25)11(19)7-9)16-21-14-8-12(13-2-1-5-26-13)22-24(14)17-20-3-4-23(16)17/h1-2,5-8,16,21,25H,3-4H2/t16-/m0/s1. The number of anilines is 1. The maximum atomic E-state index is 10.5. The third-order valence-corrected chi connectivity index (χ3v) is 5.87. The molecule has 2 aliphatic heterocycles. The van der Waals surface area contributed by atoms with Gasteiger partial charge in [0.1, 0.15) is 23.4 Å². The number of nitrogens with zero attached hydrogens (tertiary/aromatic N) is 4. The number of halogens is 2. The first-order valence-corrected chi connectivity index (χ1v) is 9.65. The Kier molecular flexibility index (Phi) is 3.63. The van der Waals surface area contributed by atoms with Gasteiger partial charge in [0.25, 0.3) is 0 Å². The highest BCUT2D eigenvalue weighted by atomic mass is 35.5. The van der Waals surface area contributed by atoms with Crippen LogP contribution in [0.15, 0.2) is 40.7 Å². The van der Waals surface area contributed by atoms with Crippen LogP contribution in [0.25, 0.3) is 10.6 Å². The molecule has 26 heavy (non-hydrogen) atoms. The van der Waals surface area contributed by atoms with Gasteiger partial charge >= 0.3 is 0 Å². The Morgan fingerprint density at radius 3 is 2.96 bits per heavy atom. The molecule has 5 rings (SSSR count). The maximum absolute atomic E-state index is 10.5. The monoisotopic (exact) mass is 405 g/mol. The molecule has 9 heteroatoms. The third kappa shape index (κ3) is 2.39. The summed E-state index contributed by atoms with van der Waals surface area (Å²) in [6, 6.07) is 9.28. The molecule has 3 aromatic rings. The Bertz CT molecular complexity index is 1030. The first-order chi connectivity index (χ1) is 12.6. The Labute approximate surface area is 163 Å². The van der Waals surface area contributed by atoms with E-state index in [0.717, 1.165) is 22.3 Å². The molecule has 0 aliphatic carbocycles. The van der Waals surface area contributed by atoms with E-state index in [1.165, 1.54) is 6.07 Å². The maximum Gasteiger partial charge on any atom is 0.225 e. The van der Waals surface area contributed by atoms with E-state index in [1.807, 2.05) is 28.3 Å². The van der Waals surface area contributed by atoms with Gasteiger partial charge < -0.3 is 15.3 Å². The lowest BCUT2D eigenvalue weighted by molar-refractivity contribution is 0.338. The fourth-order valence-electron chi connectivity index (χ4n) is 3.32. The summed E-state index contributed by atoms with van der Waals surface area (Å²) in [4.78, 5) is 7.75. The lowest BCUT2D eigenvalue weighted by Gasteiger charge is -2.36. The fraction of sp³-hybridized carbons (Fsp3) is 0.176. The van der Waals surface area contributed by atoms with Crippen molar-refractivity contribution < 1.29 is 5.11 Å². The molecule has 132 valence electrons. The average molecular weight is 406 g/mol. The lowest BCUT2D eigenvalue weighted by Crippen LogP contribution is -2.45. The van der Waals surface area contributed by atoms with Crippen molar-refractivity contribution in [2.75, 3.05) is 18.4 Å². The summed E-state index contributed by atoms with van der Waals surface area (Å²) in [6.07, 6.45) is -0.326. The summed E-state index contributed by atoms with van der Waals surface area (Å²) in [7, 11) is 0. The van der Waals surface area contributed by atoms with E-state index in [0.29, 0.717) is 23.7 Å². The second-order valence-corrected chi connectivity index (χ2v) is 7.84. The second kappa shape index (κ2) is 5.90. The molecule has 1 aromatic carbocycles. The number of nitrogens with one attached hydrogen (secondary N) is 1. The first-order valence-electron chi connectivity index (χ1n) is 8.01. The largest absolute Gasteiger partial charge is 0.506 e. The molecule has 0 saturated heterocycles. The zero-order valence-electron chi connectivity index (χ0n) is 13.4. The number of rotatable bonds is 2. The van der Waals surface area contributed by atoms with Crippen LogP contribution in [0, 0.1) is 0 Å². The Morgan fingerprint density at radius 2 is 2.15 bits per heavy atom. The number of benzene rings is 1. The normalized spacial score (nSPS) is 18.3. The number of thiophene rings is 1. The molecule has 0 spiro atoms. The highest BCUT2D eigenvalue weighted by Crippen LogP contribution is 2.41. The van der Waals surface area contributed by atoms with Crippen molar-refractivity contribution in [1.29, 1.82) is 0 Å². The molecule has 0 fully saturated rings. The van der Waals surface area contributed by atoms with Crippen LogP contribution in [0.3, 0.4) is 0 Å². The van der Waals surface area contributed by atoms with Crippen LogP contribution in [0.1, 0.15) is 11.7 Å². The van der Waals surface area contributed by atoms with E-state index in [1.54, 1.807) is 17.4 Å². The molecule has 0 amide bonds. The Morgan fingerprint density at radius 1 is 1.27 bits per heavy atom. The molecular formula is C17H13Cl2N5OS. The van der Waals surface area contributed by atoms with Crippen LogP contribution in [0.5, 0.6) is 5.75 Å². The zero-order valence-corrected chi connectivity index (χ0v) is 15.7. The van der Waals surface area contributed by atoms with Gasteiger partial charge in [-0.3, -0.25) is 0 Å². The molecule has 2 aromatic heterocycles. The number of hydrogen-bond acceptors (Lipinski definition) is 6. The number of phenols is 1. The number of hydrogen-bond donors (Lipinski definition) is 2. The molecule has 6 nitrogen and oxygen atoms in total. The van der Waals surface area contributed by atoms with Crippen molar-refractivity contribution >= 4 is 46.3 Å². The number of fused-ring (bicyclic) bond motifs is 3. The zero-order chi connectivity index (χ0) is 17.8. The van der Waals surface area contributed by atoms with Crippen LogP contribution < -0.4 is 5.32 Å². The van der Waals surface area contributed by atoms with Gasteiger partial charge in [0, 0.05) is 23.2 Å². The molecule has 0 radical (unpaired) electrons. The smallest absolute Gasteiger partial charge is 0.225 e. The van der Waals surface area contributed by atoms with E-state index in [4.69, 9.17) is 28.3 Å². The number of phenolic OH excluding ortho intramolecular Hbond substituents is 1. The van der Waals surface area contributed by atoms with Gasteiger partial charge in [-0.25, -0.2) is 4.99 Å². The molecular weight excluding hydrogens is 393 g/mol. The summed E-state index contributed by atoms with van der Waals surface area (Å²) < 4.78 is 1.81. The summed E-state index contributed by atoms with van der Waals surface area (Å²) in [5.41, 5.74) is 1.49. The van der Waals surface area contributed by atoms with E-state index in [2.05, 4.69) is 15.2 Å². The van der Waals surface area contributed by atoms with Gasteiger partial charge in [-0.15, -0.1) is 11.3 Å². The molecule has 0 saturated carbocycles. The van der Waals surface area contributed by atoms with Crippen molar-refractivity contribution in [3.63, 3.8) is 0 Å². The van der Waals surface area contributed by atoms with Crippen LogP contribution in [0.2, 0.25) is 10.0 Å². The summed E-state index contributed by atoms with van der Waals surface area (Å²) in [6.45, 7) is 1.38. The van der Waals surface area contributed by atoms with Gasteiger partial charge in [0.05, 0.1) is 16.4 Å². The van der Waals surface area contributed by atoms with Crippen LogP contribution >= 0.6 is 34.5 Å². The van der Waals surface area contributed by atoms with Gasteiger partial charge in [0.2, 0.25) is 5.96 Å². The summed E-state index contributed by atoms with van der Waals surface area (Å²) in [5.74, 6) is 1.58. The lowest BCUT2D eigenvalue weighted by atomic mass is 10.1. The molecule has 2 N–H and O–H groups in total. The number of aromatic nitrogens is 2. The second-order valence-electron chi connectivity index (χ2n) is 6.05. The van der Waals surface area contributed by atoms with Crippen molar-refractivity contribution in [2.45, 2.75) is 6.17 Å². The number of aromatic hydroxyl groups is 1. The van der Waals surface area contributed by atoms with Crippen LogP contribution in [-0.4, -0.2) is 38.8 Å². The fourth-order valence-corrected chi connectivity index (χ4v) is 4.51. The minimum atomic E-state index is -0.326. The number of aliphatic imine (C=N–C) groups is 1. The van der Waals surface area contributed by atoms with Crippen molar-refractivity contribution in [3.05, 3.63) is 51.3 Å². The highest BCUT2D eigenvalue weighted by molar-refractivity contribution is 7.13. The van der Waals surface area contributed by atoms with E-state index >= 15 is 0 Å². The molecule has 1 atom stereocenters. The third-order valence-electron chi connectivity index (χ3n) is 4.47.